The highest BCUT2D eigenvalue weighted by molar-refractivity contribution is 7.73. The lowest BCUT2D eigenvalue weighted by molar-refractivity contribution is 0.369. The van der Waals surface area contributed by atoms with Crippen LogP contribution in [0.4, 0.5) is 0 Å². The molecule has 25 heavy (non-hydrogen) atoms. The highest BCUT2D eigenvalue weighted by Crippen LogP contribution is 2.46. The van der Waals surface area contributed by atoms with Crippen molar-refractivity contribution in [1.29, 1.82) is 0 Å². The first-order valence-electron chi connectivity index (χ1n) is 9.18. The Hall–Kier alpha value is -1.20. The van der Waals surface area contributed by atoms with Gasteiger partial charge in [0.2, 0.25) is 0 Å². The van der Waals surface area contributed by atoms with Gasteiger partial charge in [-0.15, -0.1) is 0 Å². The molecule has 0 aliphatic heterocycles. The van der Waals surface area contributed by atoms with Gasteiger partial charge in [0.15, 0.2) is 3.95 Å². The third-order valence-corrected chi connectivity index (χ3v) is 7.36. The van der Waals surface area contributed by atoms with Crippen LogP contribution in [0.2, 0.25) is 0 Å². The summed E-state index contributed by atoms with van der Waals surface area (Å²) in [5.74, 6) is 0.459. The predicted molar refractivity (Wildman–Crippen MR) is 110 cm³/mol. The molecule has 0 amide bonds. The Bertz CT molecular complexity index is 744. The fourth-order valence-electron chi connectivity index (χ4n) is 3.29. The number of hydrogen-bond acceptors (Lipinski definition) is 4. The van der Waals surface area contributed by atoms with Gasteiger partial charge in [0.25, 0.3) is 0 Å². The van der Waals surface area contributed by atoms with Gasteiger partial charge in [-0.05, 0) is 60.9 Å². The Kier molecular flexibility index (Phi) is 6.10. The molecule has 0 bridgehead atoms. The molecular weight excluding hydrogens is 348 g/mol. The standard InChI is InChI=1S/C20H30N2OS2/c1-7-19(5,8-2)14-11-13(17-21-22-18(24)25-17)12-15(16(14)23)20(6,9-3)10-4/h11-12,23H,7-10H2,1-6H3,(H,22,24). The number of benzene rings is 1. The van der Waals surface area contributed by atoms with E-state index in [9.17, 15) is 5.11 Å². The minimum atomic E-state index is -0.0605. The number of H-pyrrole nitrogens is 1. The zero-order valence-electron chi connectivity index (χ0n) is 16.2. The number of rotatable bonds is 7. The van der Waals surface area contributed by atoms with Crippen LogP contribution < -0.4 is 0 Å². The Morgan fingerprint density at radius 2 is 1.44 bits per heavy atom. The Morgan fingerprint density at radius 3 is 1.76 bits per heavy atom. The van der Waals surface area contributed by atoms with Gasteiger partial charge in [-0.2, -0.15) is 5.10 Å². The van der Waals surface area contributed by atoms with Gasteiger partial charge in [0.1, 0.15) is 10.8 Å². The minimum Gasteiger partial charge on any atom is -0.507 e. The van der Waals surface area contributed by atoms with E-state index in [1.165, 1.54) is 11.3 Å². The maximum absolute atomic E-state index is 11.2. The third kappa shape index (κ3) is 3.68. The van der Waals surface area contributed by atoms with Gasteiger partial charge in [-0.25, -0.2) is 0 Å². The molecule has 0 spiro atoms. The molecule has 0 saturated carbocycles. The van der Waals surface area contributed by atoms with E-state index >= 15 is 0 Å². The number of nitrogens with zero attached hydrogens (tertiary/aromatic N) is 1. The second kappa shape index (κ2) is 7.58. The number of aromatic hydroxyl groups is 1. The number of aromatic amines is 1. The molecule has 3 nitrogen and oxygen atoms in total. The average molecular weight is 379 g/mol. The van der Waals surface area contributed by atoms with Crippen molar-refractivity contribution in [3.05, 3.63) is 27.2 Å². The van der Waals surface area contributed by atoms with E-state index in [1.54, 1.807) is 0 Å². The minimum absolute atomic E-state index is 0.0605. The van der Waals surface area contributed by atoms with Crippen molar-refractivity contribution < 1.29 is 5.11 Å². The second-order valence-corrected chi connectivity index (χ2v) is 9.04. The summed E-state index contributed by atoms with van der Waals surface area (Å²) in [7, 11) is 0. The summed E-state index contributed by atoms with van der Waals surface area (Å²) in [5.41, 5.74) is 2.98. The lowest BCUT2D eigenvalue weighted by Crippen LogP contribution is -2.24. The number of phenolic OH excluding ortho intramolecular Hbond substituents is 1. The largest absolute Gasteiger partial charge is 0.507 e. The molecule has 2 N–H and O–H groups in total. The van der Waals surface area contributed by atoms with E-state index in [1.807, 2.05) is 0 Å². The maximum atomic E-state index is 11.2. The number of hydrogen-bond donors (Lipinski definition) is 2. The normalized spacial score (nSPS) is 12.6. The van der Waals surface area contributed by atoms with E-state index in [0.717, 1.165) is 47.4 Å². The summed E-state index contributed by atoms with van der Waals surface area (Å²) in [6, 6.07) is 4.22. The SMILES string of the molecule is CCC(C)(CC)c1cc(-c2n[nH]c(=S)s2)cc(C(C)(CC)CC)c1O. The van der Waals surface area contributed by atoms with Crippen LogP contribution in [0.5, 0.6) is 5.75 Å². The molecule has 138 valence electrons. The van der Waals surface area contributed by atoms with Crippen molar-refractivity contribution in [1.82, 2.24) is 10.2 Å². The first-order valence-corrected chi connectivity index (χ1v) is 10.4. The molecule has 0 radical (unpaired) electrons. The summed E-state index contributed by atoms with van der Waals surface area (Å²) in [4.78, 5) is 0. The van der Waals surface area contributed by atoms with Gasteiger partial charge < -0.3 is 5.11 Å². The van der Waals surface area contributed by atoms with Crippen LogP contribution in [-0.2, 0) is 10.8 Å². The summed E-state index contributed by atoms with van der Waals surface area (Å²) in [5, 5.41) is 19.3. The fraction of sp³-hybridized carbons (Fsp3) is 0.600. The van der Waals surface area contributed by atoms with E-state index in [-0.39, 0.29) is 10.8 Å². The number of nitrogens with one attached hydrogen (secondary N) is 1. The van der Waals surface area contributed by atoms with Crippen molar-refractivity contribution >= 4 is 23.6 Å². The molecule has 1 aromatic carbocycles. The van der Waals surface area contributed by atoms with Gasteiger partial charge in [-0.3, -0.25) is 5.10 Å². The van der Waals surface area contributed by atoms with Crippen LogP contribution in [0.15, 0.2) is 12.1 Å². The van der Waals surface area contributed by atoms with E-state index < -0.39 is 0 Å². The van der Waals surface area contributed by atoms with Crippen LogP contribution in [0.25, 0.3) is 10.6 Å². The van der Waals surface area contributed by atoms with Crippen molar-refractivity contribution in [2.75, 3.05) is 0 Å². The molecule has 0 aliphatic carbocycles. The molecular formula is C20H30N2OS2. The second-order valence-electron chi connectivity index (χ2n) is 7.37. The van der Waals surface area contributed by atoms with E-state index in [4.69, 9.17) is 12.2 Å². The molecule has 0 saturated heterocycles. The lowest BCUT2D eigenvalue weighted by atomic mass is 9.71. The van der Waals surface area contributed by atoms with E-state index in [2.05, 4.69) is 63.9 Å². The molecule has 5 heteroatoms. The predicted octanol–water partition coefficient (Wildman–Crippen LogP) is 6.73. The zero-order valence-corrected chi connectivity index (χ0v) is 17.8. The van der Waals surface area contributed by atoms with Crippen molar-refractivity contribution in [2.45, 2.75) is 78.1 Å². The summed E-state index contributed by atoms with van der Waals surface area (Å²) >= 11 is 6.70. The number of aromatic nitrogens is 2. The van der Waals surface area contributed by atoms with Gasteiger partial charge in [-0.1, -0.05) is 52.9 Å². The highest BCUT2D eigenvalue weighted by atomic mass is 32.1. The monoisotopic (exact) mass is 378 g/mol. The first-order chi connectivity index (χ1) is 11.7. The molecule has 0 fully saturated rings. The topological polar surface area (TPSA) is 48.9 Å². The third-order valence-electron chi connectivity index (χ3n) is 6.22. The molecule has 1 aromatic heterocycles. The molecule has 0 aliphatic rings. The van der Waals surface area contributed by atoms with Crippen LogP contribution in [0.3, 0.4) is 0 Å². The van der Waals surface area contributed by atoms with Gasteiger partial charge >= 0.3 is 0 Å². The Morgan fingerprint density at radius 1 is 1.00 bits per heavy atom. The van der Waals surface area contributed by atoms with Gasteiger partial charge in [0.05, 0.1) is 0 Å². The fourth-order valence-corrected chi connectivity index (χ4v) is 4.17. The summed E-state index contributed by atoms with van der Waals surface area (Å²) in [6.07, 6.45) is 3.91. The summed E-state index contributed by atoms with van der Waals surface area (Å²) < 4.78 is 0.675. The van der Waals surface area contributed by atoms with E-state index in [0.29, 0.717) is 9.70 Å². The van der Waals surface area contributed by atoms with Crippen LogP contribution in [0, 0.1) is 3.95 Å². The van der Waals surface area contributed by atoms with Crippen molar-refractivity contribution in [3.8, 4) is 16.3 Å². The Balaban J connectivity index is 2.82. The molecule has 1 heterocycles. The van der Waals surface area contributed by atoms with Gasteiger partial charge in [0, 0.05) is 16.7 Å². The lowest BCUT2D eigenvalue weighted by Gasteiger charge is -2.34. The molecule has 2 rings (SSSR count). The zero-order chi connectivity index (χ0) is 18.8. The Labute approximate surface area is 160 Å². The highest BCUT2D eigenvalue weighted by Gasteiger charge is 2.33. The van der Waals surface area contributed by atoms with Crippen molar-refractivity contribution in [3.63, 3.8) is 0 Å². The number of phenols is 1. The smallest absolute Gasteiger partial charge is 0.176 e. The molecule has 2 aromatic rings. The van der Waals surface area contributed by atoms with Crippen LogP contribution >= 0.6 is 23.6 Å². The van der Waals surface area contributed by atoms with Crippen LogP contribution in [-0.4, -0.2) is 15.3 Å². The molecule has 0 unspecified atom stereocenters. The quantitative estimate of drug-likeness (QED) is 0.525. The average Bonchev–Trinajstić information content (AvgIpc) is 3.07. The van der Waals surface area contributed by atoms with Crippen molar-refractivity contribution in [2.24, 2.45) is 0 Å². The summed E-state index contributed by atoms with van der Waals surface area (Å²) in [6.45, 7) is 13.2. The first kappa shape index (κ1) is 20.1. The molecule has 0 atom stereocenters. The van der Waals surface area contributed by atoms with Crippen LogP contribution in [0.1, 0.15) is 78.4 Å². The maximum Gasteiger partial charge on any atom is 0.176 e.